The Morgan fingerprint density at radius 1 is 1.03 bits per heavy atom. The molecule has 3 aliphatic rings. The summed E-state index contributed by atoms with van der Waals surface area (Å²) in [5, 5.41) is 0. The van der Waals surface area contributed by atoms with Crippen LogP contribution in [0.4, 0.5) is 21.6 Å². The summed E-state index contributed by atoms with van der Waals surface area (Å²) in [4.78, 5) is 45.1. The molecule has 0 aliphatic carbocycles. The number of rotatable bonds is 3. The Morgan fingerprint density at radius 3 is 2.53 bits per heavy atom. The number of anilines is 3. The monoisotopic (exact) mass is 519 g/mol. The van der Waals surface area contributed by atoms with Crippen LogP contribution >= 0.6 is 0 Å². The average molecular weight is 520 g/mol. The van der Waals surface area contributed by atoms with Crippen LogP contribution in [0, 0.1) is 12.7 Å². The second-order valence-corrected chi connectivity index (χ2v) is 9.74. The molecule has 8 nitrogen and oxygen atoms in total. The smallest absolute Gasteiger partial charge is 0.252 e. The summed E-state index contributed by atoms with van der Waals surface area (Å²) < 4.78 is 14.4. The molecule has 0 atom stereocenters. The van der Waals surface area contributed by atoms with Gasteiger partial charge in [-0.15, -0.1) is 0 Å². The first-order valence-corrected chi connectivity index (χ1v) is 12.5. The van der Waals surface area contributed by atoms with Gasteiger partial charge in [-0.2, -0.15) is 0 Å². The fourth-order valence-electron chi connectivity index (χ4n) is 5.46. The van der Waals surface area contributed by atoms with E-state index < -0.39 is 0 Å². The minimum Gasteiger partial charge on any atom is -0.358 e. The Bertz CT molecular complexity index is 1400. The lowest BCUT2D eigenvalue weighted by Crippen LogP contribution is -2.47. The number of hydrogen-bond acceptors (Lipinski definition) is 5. The molecule has 0 spiro atoms. The summed E-state index contributed by atoms with van der Waals surface area (Å²) in [7, 11) is 1.81. The van der Waals surface area contributed by atoms with Gasteiger partial charge >= 0.3 is 0 Å². The molecular weight excluding hydrogens is 485 g/mol. The predicted molar refractivity (Wildman–Crippen MR) is 147 cm³/mol. The molecule has 0 saturated carbocycles. The first-order valence-electron chi connectivity index (χ1n) is 12.5. The first kappa shape index (κ1) is 27.0. The number of aryl methyl sites for hydroxylation is 1. The molecule has 0 unspecified atom stereocenters. The van der Waals surface area contributed by atoms with Crippen LogP contribution < -0.4 is 20.3 Å². The van der Waals surface area contributed by atoms with Gasteiger partial charge in [0.05, 0.1) is 17.8 Å². The highest BCUT2D eigenvalue weighted by Crippen LogP contribution is 2.33. The molecule has 1 saturated heterocycles. The Balaban J connectivity index is 0.000000218. The highest BCUT2D eigenvalue weighted by molar-refractivity contribution is 6.01. The summed E-state index contributed by atoms with van der Waals surface area (Å²) in [5.74, 6) is 0.870. The van der Waals surface area contributed by atoms with Gasteiger partial charge in [0.25, 0.3) is 5.56 Å². The van der Waals surface area contributed by atoms with Gasteiger partial charge in [0.1, 0.15) is 11.6 Å². The fourth-order valence-corrected chi connectivity index (χ4v) is 5.46. The summed E-state index contributed by atoms with van der Waals surface area (Å²) in [6, 6.07) is 12.3. The van der Waals surface area contributed by atoms with Gasteiger partial charge in [-0.05, 0) is 73.7 Å². The summed E-state index contributed by atoms with van der Waals surface area (Å²) in [5.41, 5.74) is 4.61. The van der Waals surface area contributed by atoms with E-state index in [-0.39, 0.29) is 30.8 Å². The van der Waals surface area contributed by atoms with Crippen LogP contribution in [0.1, 0.15) is 37.1 Å². The van der Waals surface area contributed by atoms with Crippen LogP contribution in [0.25, 0.3) is 0 Å². The molecule has 9 heteroatoms. The van der Waals surface area contributed by atoms with Crippen LogP contribution in [-0.4, -0.2) is 47.5 Å². The minimum atomic E-state index is -0.235. The van der Waals surface area contributed by atoms with Gasteiger partial charge in [0.15, 0.2) is 0 Å². The Hall–Kier alpha value is -4.01. The van der Waals surface area contributed by atoms with E-state index in [9.17, 15) is 18.8 Å². The normalized spacial score (nSPS) is 16.4. The number of aromatic nitrogens is 2. The molecule has 200 valence electrons. The maximum atomic E-state index is 12.7. The highest BCUT2D eigenvalue weighted by atomic mass is 19.1. The van der Waals surface area contributed by atoms with Crippen molar-refractivity contribution in [3.8, 4) is 0 Å². The first-order chi connectivity index (χ1) is 17.9. The fraction of sp³-hybridized carbons (Fsp3) is 0.379. The van der Waals surface area contributed by atoms with E-state index in [1.165, 1.54) is 12.1 Å². The largest absolute Gasteiger partial charge is 0.358 e. The molecule has 0 radical (unpaired) electrons. The molecular formula is C29H34FN5O3. The lowest BCUT2D eigenvalue weighted by atomic mass is 10.0. The molecule has 1 fully saturated rings. The second-order valence-electron chi connectivity index (χ2n) is 9.74. The lowest BCUT2D eigenvalue weighted by molar-refractivity contribution is -0.118. The molecule has 0 N–H and O–H groups in total. The van der Waals surface area contributed by atoms with Gasteiger partial charge in [-0.25, -0.2) is 4.39 Å². The van der Waals surface area contributed by atoms with E-state index >= 15 is 0 Å². The average Bonchev–Trinajstić information content (AvgIpc) is 3.46. The summed E-state index contributed by atoms with van der Waals surface area (Å²) >= 11 is 0. The second kappa shape index (κ2) is 11.2. The zero-order valence-electron chi connectivity index (χ0n) is 21.1. The maximum absolute atomic E-state index is 12.7. The summed E-state index contributed by atoms with van der Waals surface area (Å²) in [6.45, 7) is 4.29. The molecule has 2 amide bonds. The molecule has 1 aromatic carbocycles. The summed E-state index contributed by atoms with van der Waals surface area (Å²) in [6.07, 6.45) is 5.47. The third-order valence-electron chi connectivity index (χ3n) is 7.35. The van der Waals surface area contributed by atoms with Crippen LogP contribution in [0.5, 0.6) is 0 Å². The molecule has 3 aromatic rings. The maximum Gasteiger partial charge on any atom is 0.252 e. The number of halogens is 1. The molecule has 2 aromatic heterocycles. The van der Waals surface area contributed by atoms with E-state index in [1.807, 2.05) is 31.0 Å². The van der Waals surface area contributed by atoms with E-state index in [1.54, 1.807) is 27.8 Å². The van der Waals surface area contributed by atoms with Crippen molar-refractivity contribution in [3.63, 3.8) is 0 Å². The number of amides is 2. The number of benzene rings is 1. The van der Waals surface area contributed by atoms with Gasteiger partial charge < -0.3 is 14.7 Å². The lowest BCUT2D eigenvalue weighted by Gasteiger charge is -2.38. The van der Waals surface area contributed by atoms with Crippen LogP contribution in [0.3, 0.4) is 0 Å². The van der Waals surface area contributed by atoms with Crippen LogP contribution in [-0.2, 0) is 29.5 Å². The zero-order valence-corrected chi connectivity index (χ0v) is 21.1. The Kier molecular flexibility index (Phi) is 7.94. The zero-order chi connectivity index (χ0) is 26.1. The number of pyridine rings is 2. The SMILES string of the molecule is C.Cc1cc(N2CCC(N3C(=O)Cc4ncccc43)CC2)n(C)c(=O)c1.O=CN1CCc2cc(F)ccc21. The van der Waals surface area contributed by atoms with Gasteiger partial charge in [-0.3, -0.25) is 23.9 Å². The Morgan fingerprint density at radius 2 is 1.79 bits per heavy atom. The highest BCUT2D eigenvalue weighted by Gasteiger charge is 2.35. The Labute approximate surface area is 222 Å². The number of fused-ring (bicyclic) bond motifs is 2. The molecule has 38 heavy (non-hydrogen) atoms. The van der Waals surface area contributed by atoms with Gasteiger partial charge in [0, 0.05) is 50.7 Å². The number of nitrogens with zero attached hydrogens (tertiary/aromatic N) is 5. The van der Waals surface area contributed by atoms with E-state index in [2.05, 4.69) is 16.0 Å². The van der Waals surface area contributed by atoms with Crippen LogP contribution in [0.2, 0.25) is 0 Å². The minimum absolute atomic E-state index is 0. The third kappa shape index (κ3) is 5.18. The third-order valence-corrected chi connectivity index (χ3v) is 7.35. The van der Waals surface area contributed by atoms with Gasteiger partial charge in [-0.1, -0.05) is 7.43 Å². The van der Waals surface area contributed by atoms with Crippen molar-refractivity contribution in [3.05, 3.63) is 81.7 Å². The quantitative estimate of drug-likeness (QED) is 0.494. The van der Waals surface area contributed by atoms with E-state index in [0.29, 0.717) is 13.0 Å². The number of carbonyl (C=O) groups excluding carboxylic acids is 2. The van der Waals surface area contributed by atoms with Crippen molar-refractivity contribution in [1.29, 1.82) is 0 Å². The number of carbonyl (C=O) groups is 2. The van der Waals surface area contributed by atoms with Crippen molar-refractivity contribution in [1.82, 2.24) is 9.55 Å². The van der Waals surface area contributed by atoms with Crippen molar-refractivity contribution in [2.45, 2.75) is 46.1 Å². The van der Waals surface area contributed by atoms with Crippen molar-refractivity contribution >= 4 is 29.5 Å². The molecule has 0 bridgehead atoms. The number of hydrogen-bond donors (Lipinski definition) is 0. The van der Waals surface area contributed by atoms with Crippen LogP contribution in [0.15, 0.2) is 53.5 Å². The molecule has 5 heterocycles. The number of piperidine rings is 1. The van der Waals surface area contributed by atoms with Crippen molar-refractivity contribution in [2.24, 2.45) is 7.05 Å². The molecule has 3 aliphatic heterocycles. The van der Waals surface area contributed by atoms with E-state index in [0.717, 1.165) is 72.8 Å². The standard InChI is InChI=1S/C19H22N4O2.C9H8FNO.CH4/c1-13-10-17(21(2)18(24)11-13)22-8-5-14(6-9-22)23-16-4-3-7-20-15(16)12-19(23)25;10-8-1-2-9-7(5-8)3-4-11(9)6-12;/h3-4,7,10-11,14H,5-6,8-9,12H2,1-2H3;1-2,5-6H,3-4H2;1H4. The van der Waals surface area contributed by atoms with Crippen molar-refractivity contribution in [2.75, 3.05) is 34.3 Å². The van der Waals surface area contributed by atoms with Crippen molar-refractivity contribution < 1.29 is 14.0 Å². The predicted octanol–water partition coefficient (Wildman–Crippen LogP) is 3.63. The topological polar surface area (TPSA) is 78.7 Å². The van der Waals surface area contributed by atoms with E-state index in [4.69, 9.17) is 0 Å². The molecule has 6 rings (SSSR count). The van der Waals surface area contributed by atoms with Gasteiger partial charge in [0.2, 0.25) is 12.3 Å².